The van der Waals surface area contributed by atoms with Crippen molar-refractivity contribution in [2.75, 3.05) is 33.4 Å². The van der Waals surface area contributed by atoms with Crippen LogP contribution >= 0.6 is 0 Å². The summed E-state index contributed by atoms with van der Waals surface area (Å²) < 4.78 is 5.48. The molecule has 6 heteroatoms. The molecule has 1 aromatic carbocycles. The fourth-order valence-corrected chi connectivity index (χ4v) is 1.77. The number of furan rings is 1. The summed E-state index contributed by atoms with van der Waals surface area (Å²) in [6.07, 6.45) is 0. The molecule has 2 aromatic rings. The second-order valence-corrected chi connectivity index (χ2v) is 4.86. The van der Waals surface area contributed by atoms with Gasteiger partial charge in [-0.15, -0.1) is 0 Å². The van der Waals surface area contributed by atoms with E-state index in [1.165, 1.54) is 9.80 Å². The van der Waals surface area contributed by atoms with Gasteiger partial charge in [0.1, 0.15) is 5.58 Å². The minimum absolute atomic E-state index is 0.00498. The third-order valence-corrected chi connectivity index (χ3v) is 2.97. The molecule has 0 aliphatic heterocycles. The van der Waals surface area contributed by atoms with Crippen LogP contribution in [0.1, 0.15) is 10.6 Å². The molecule has 0 fully saturated rings. The van der Waals surface area contributed by atoms with E-state index < -0.39 is 0 Å². The number of rotatable bonds is 3. The molecule has 0 aliphatic carbocycles. The molecular formula is C14H17N3O3. The van der Waals surface area contributed by atoms with Crippen LogP contribution in [-0.4, -0.2) is 49.3 Å². The number of amides is 2. The van der Waals surface area contributed by atoms with E-state index in [0.717, 1.165) is 5.39 Å². The molecule has 2 amide bonds. The van der Waals surface area contributed by atoms with Crippen molar-refractivity contribution in [3.8, 4) is 0 Å². The van der Waals surface area contributed by atoms with Crippen molar-refractivity contribution in [1.29, 1.82) is 0 Å². The minimum Gasteiger partial charge on any atom is -0.451 e. The van der Waals surface area contributed by atoms with E-state index >= 15 is 0 Å². The lowest BCUT2D eigenvalue weighted by Crippen LogP contribution is -2.37. The average Bonchev–Trinajstić information content (AvgIpc) is 2.80. The van der Waals surface area contributed by atoms with E-state index in [1.54, 1.807) is 45.4 Å². The molecule has 2 rings (SSSR count). The Morgan fingerprint density at radius 1 is 1.20 bits per heavy atom. The van der Waals surface area contributed by atoms with E-state index in [0.29, 0.717) is 11.3 Å². The molecule has 20 heavy (non-hydrogen) atoms. The first-order chi connectivity index (χ1) is 9.38. The normalized spacial score (nSPS) is 10.6. The lowest BCUT2D eigenvalue weighted by molar-refractivity contribution is -0.129. The van der Waals surface area contributed by atoms with Crippen LogP contribution in [0.5, 0.6) is 0 Å². The fourth-order valence-electron chi connectivity index (χ4n) is 1.77. The predicted molar refractivity (Wildman–Crippen MR) is 76.3 cm³/mol. The topological polar surface area (TPSA) is 79.8 Å². The van der Waals surface area contributed by atoms with Crippen molar-refractivity contribution >= 4 is 28.5 Å². The molecule has 0 aliphatic rings. The standard InChI is InChI=1S/C14H17N3O3/c1-16(2)13(18)8-17(3)14(19)12-7-9-6-10(15)4-5-11(9)20-12/h4-7H,8,15H2,1-3H3. The maximum atomic E-state index is 12.2. The number of carbonyl (C=O) groups excluding carboxylic acids is 2. The van der Waals surface area contributed by atoms with Crippen LogP contribution in [0.15, 0.2) is 28.7 Å². The molecule has 0 unspecified atom stereocenters. The molecule has 0 radical (unpaired) electrons. The third kappa shape index (κ3) is 2.74. The van der Waals surface area contributed by atoms with Crippen LogP contribution < -0.4 is 5.73 Å². The van der Waals surface area contributed by atoms with E-state index in [9.17, 15) is 9.59 Å². The number of hydrogen-bond donors (Lipinski definition) is 1. The number of nitrogens with zero attached hydrogens (tertiary/aromatic N) is 2. The van der Waals surface area contributed by atoms with Gasteiger partial charge < -0.3 is 20.0 Å². The number of likely N-dealkylation sites (N-methyl/N-ethyl adjacent to an activating group) is 2. The zero-order valence-electron chi connectivity index (χ0n) is 11.7. The molecule has 106 valence electrons. The zero-order chi connectivity index (χ0) is 14.9. The lowest BCUT2D eigenvalue weighted by atomic mass is 10.2. The molecule has 0 spiro atoms. The minimum atomic E-state index is -0.338. The van der Waals surface area contributed by atoms with Gasteiger partial charge in [0.15, 0.2) is 5.76 Å². The van der Waals surface area contributed by atoms with Gasteiger partial charge in [-0.05, 0) is 24.3 Å². The largest absolute Gasteiger partial charge is 0.451 e. The second kappa shape index (κ2) is 5.24. The Morgan fingerprint density at radius 3 is 2.55 bits per heavy atom. The highest BCUT2D eigenvalue weighted by Crippen LogP contribution is 2.22. The van der Waals surface area contributed by atoms with Gasteiger partial charge in [0.2, 0.25) is 5.91 Å². The van der Waals surface area contributed by atoms with Gasteiger partial charge >= 0.3 is 0 Å². The Labute approximate surface area is 116 Å². The summed E-state index contributed by atoms with van der Waals surface area (Å²) in [5, 5.41) is 0.765. The van der Waals surface area contributed by atoms with Gasteiger partial charge in [-0.25, -0.2) is 0 Å². The highest BCUT2D eigenvalue weighted by molar-refractivity contribution is 5.98. The lowest BCUT2D eigenvalue weighted by Gasteiger charge is -2.17. The quantitative estimate of drug-likeness (QED) is 0.853. The summed E-state index contributed by atoms with van der Waals surface area (Å²) in [5.74, 6) is -0.296. The highest BCUT2D eigenvalue weighted by atomic mass is 16.3. The van der Waals surface area contributed by atoms with Gasteiger partial charge in [0, 0.05) is 32.2 Å². The van der Waals surface area contributed by atoms with Crippen molar-refractivity contribution in [3.63, 3.8) is 0 Å². The van der Waals surface area contributed by atoms with Crippen LogP contribution in [-0.2, 0) is 4.79 Å². The molecule has 0 bridgehead atoms. The molecule has 1 aromatic heterocycles. The number of nitrogens with two attached hydrogens (primary N) is 1. The Kier molecular flexibility index (Phi) is 3.65. The number of hydrogen-bond acceptors (Lipinski definition) is 4. The fraction of sp³-hybridized carbons (Fsp3) is 0.286. The summed E-state index contributed by atoms with van der Waals surface area (Å²) in [7, 11) is 4.85. The molecular weight excluding hydrogens is 258 g/mol. The number of anilines is 1. The van der Waals surface area contributed by atoms with Gasteiger partial charge in [-0.1, -0.05) is 0 Å². The molecule has 1 heterocycles. The first-order valence-corrected chi connectivity index (χ1v) is 6.13. The van der Waals surface area contributed by atoms with Crippen LogP contribution in [0.3, 0.4) is 0 Å². The molecule has 0 atom stereocenters. The average molecular weight is 275 g/mol. The van der Waals surface area contributed by atoms with Gasteiger partial charge in [-0.3, -0.25) is 9.59 Å². The van der Waals surface area contributed by atoms with Crippen LogP contribution in [0, 0.1) is 0 Å². The van der Waals surface area contributed by atoms with Crippen molar-refractivity contribution in [2.24, 2.45) is 0 Å². The van der Waals surface area contributed by atoms with E-state index in [4.69, 9.17) is 10.2 Å². The highest BCUT2D eigenvalue weighted by Gasteiger charge is 2.19. The Bertz CT molecular complexity index is 661. The molecule has 0 saturated carbocycles. The first-order valence-electron chi connectivity index (χ1n) is 6.13. The molecule has 2 N–H and O–H groups in total. The summed E-state index contributed by atoms with van der Waals surface area (Å²) in [5.41, 5.74) is 6.88. The SMILES string of the molecule is CN(C)C(=O)CN(C)C(=O)c1cc2cc(N)ccc2o1. The van der Waals surface area contributed by atoms with Crippen molar-refractivity contribution in [2.45, 2.75) is 0 Å². The summed E-state index contributed by atoms with van der Waals surface area (Å²) in [4.78, 5) is 26.5. The third-order valence-electron chi connectivity index (χ3n) is 2.97. The van der Waals surface area contributed by atoms with Gasteiger partial charge in [0.05, 0.1) is 6.54 Å². The van der Waals surface area contributed by atoms with Gasteiger partial charge in [0.25, 0.3) is 5.91 Å². The Hall–Kier alpha value is -2.50. The maximum Gasteiger partial charge on any atom is 0.289 e. The Balaban J connectivity index is 2.20. The molecule has 6 nitrogen and oxygen atoms in total. The monoisotopic (exact) mass is 275 g/mol. The summed E-state index contributed by atoms with van der Waals surface area (Å²) >= 11 is 0. The van der Waals surface area contributed by atoms with E-state index in [2.05, 4.69) is 0 Å². The Morgan fingerprint density at radius 2 is 1.90 bits per heavy atom. The van der Waals surface area contributed by atoms with Gasteiger partial charge in [-0.2, -0.15) is 0 Å². The number of nitrogen functional groups attached to an aromatic ring is 1. The number of carbonyl (C=O) groups is 2. The maximum absolute atomic E-state index is 12.2. The van der Waals surface area contributed by atoms with E-state index in [-0.39, 0.29) is 24.1 Å². The van der Waals surface area contributed by atoms with Crippen molar-refractivity contribution in [1.82, 2.24) is 9.80 Å². The second-order valence-electron chi connectivity index (χ2n) is 4.86. The van der Waals surface area contributed by atoms with Crippen LogP contribution in [0.4, 0.5) is 5.69 Å². The summed E-state index contributed by atoms with van der Waals surface area (Å²) in [6, 6.07) is 6.79. The first kappa shape index (κ1) is 13.9. The van der Waals surface area contributed by atoms with Crippen molar-refractivity contribution in [3.05, 3.63) is 30.0 Å². The zero-order valence-corrected chi connectivity index (χ0v) is 11.7. The predicted octanol–water partition coefficient (Wildman–Crippen LogP) is 1.18. The van der Waals surface area contributed by atoms with Crippen molar-refractivity contribution < 1.29 is 14.0 Å². The number of benzene rings is 1. The smallest absolute Gasteiger partial charge is 0.289 e. The number of fused-ring (bicyclic) bond motifs is 1. The molecule has 0 saturated heterocycles. The van der Waals surface area contributed by atoms with Crippen LogP contribution in [0.25, 0.3) is 11.0 Å². The van der Waals surface area contributed by atoms with Crippen LogP contribution in [0.2, 0.25) is 0 Å². The summed E-state index contributed by atoms with van der Waals surface area (Å²) in [6.45, 7) is 0.00498. The van der Waals surface area contributed by atoms with E-state index in [1.807, 2.05) is 0 Å².